The summed E-state index contributed by atoms with van der Waals surface area (Å²) in [5, 5.41) is 10.4. The maximum Gasteiger partial charge on any atom is 0.334 e. The molecule has 0 aromatic carbocycles. The van der Waals surface area contributed by atoms with Gasteiger partial charge in [-0.05, 0) is 19.8 Å². The van der Waals surface area contributed by atoms with Crippen molar-refractivity contribution in [1.82, 2.24) is 0 Å². The first-order valence-corrected chi connectivity index (χ1v) is 6.46. The van der Waals surface area contributed by atoms with Gasteiger partial charge in [0.1, 0.15) is 5.78 Å². The molecule has 102 valence electrons. The zero-order valence-corrected chi connectivity index (χ0v) is 10.8. The molecule has 5 nitrogen and oxygen atoms in total. The predicted octanol–water partition coefficient (Wildman–Crippen LogP) is 0.547. The molecule has 0 radical (unpaired) electrons. The molecule has 0 aliphatic heterocycles. The van der Waals surface area contributed by atoms with E-state index in [-0.39, 0.29) is 42.3 Å². The summed E-state index contributed by atoms with van der Waals surface area (Å²) in [6.07, 6.45) is 0.871. The highest BCUT2D eigenvalue weighted by Gasteiger charge is 2.67. The molecule has 4 saturated carbocycles. The molecule has 4 unspecified atom stereocenters. The van der Waals surface area contributed by atoms with Gasteiger partial charge in [-0.1, -0.05) is 6.58 Å². The first-order chi connectivity index (χ1) is 8.76. The molecule has 1 N–H and O–H groups in total. The van der Waals surface area contributed by atoms with Crippen LogP contribution < -0.4 is 0 Å². The lowest BCUT2D eigenvalue weighted by molar-refractivity contribution is -0.211. The third-order valence-electron chi connectivity index (χ3n) is 4.55. The van der Waals surface area contributed by atoms with Crippen LogP contribution in [-0.2, 0) is 19.1 Å². The predicted molar refractivity (Wildman–Crippen MR) is 64.0 cm³/mol. The van der Waals surface area contributed by atoms with E-state index >= 15 is 0 Å². The quantitative estimate of drug-likeness (QED) is 0.447. The Kier molecular flexibility index (Phi) is 2.33. The Bertz CT molecular complexity index is 522. The van der Waals surface area contributed by atoms with Crippen molar-refractivity contribution >= 4 is 17.5 Å². The van der Waals surface area contributed by atoms with Crippen molar-refractivity contribution in [2.24, 2.45) is 11.8 Å². The molecular formula is C14H16O5. The van der Waals surface area contributed by atoms with Crippen LogP contribution in [0.4, 0.5) is 0 Å². The molecule has 19 heavy (non-hydrogen) atoms. The van der Waals surface area contributed by atoms with Crippen molar-refractivity contribution in [2.45, 2.75) is 43.8 Å². The summed E-state index contributed by atoms with van der Waals surface area (Å²) in [7, 11) is 0. The number of Topliss-reactive ketones (excluding diaryl/α,β-unsaturated/α-hetero) is 2. The molecule has 4 atom stereocenters. The minimum Gasteiger partial charge on any atom is -0.448 e. The van der Waals surface area contributed by atoms with Gasteiger partial charge in [-0.2, -0.15) is 0 Å². The second-order valence-electron chi connectivity index (χ2n) is 6.19. The fraction of sp³-hybridized carbons (Fsp3) is 0.643. The highest BCUT2D eigenvalue weighted by Crippen LogP contribution is 2.55. The Morgan fingerprint density at radius 1 is 1.37 bits per heavy atom. The Labute approximate surface area is 110 Å². The standard InChI is InChI=1S/C14H16O5/c1-7(2)12(17)19-14-4-8-3-13(18,6-14)5-9(10(8)15)11(14)16/h8-9,18H,1,3-6H2,2H3. The normalized spacial score (nSPS) is 43.5. The molecular weight excluding hydrogens is 248 g/mol. The van der Waals surface area contributed by atoms with E-state index in [4.69, 9.17) is 4.74 Å². The molecule has 4 aliphatic carbocycles. The van der Waals surface area contributed by atoms with Gasteiger partial charge in [-0.25, -0.2) is 4.79 Å². The maximum absolute atomic E-state index is 12.4. The van der Waals surface area contributed by atoms with Crippen LogP contribution in [0.1, 0.15) is 32.6 Å². The largest absolute Gasteiger partial charge is 0.448 e. The molecule has 0 amide bonds. The van der Waals surface area contributed by atoms with E-state index in [2.05, 4.69) is 6.58 Å². The van der Waals surface area contributed by atoms with E-state index in [0.29, 0.717) is 6.42 Å². The van der Waals surface area contributed by atoms with Gasteiger partial charge in [0.15, 0.2) is 11.4 Å². The van der Waals surface area contributed by atoms with Crippen LogP contribution in [0.25, 0.3) is 0 Å². The Balaban J connectivity index is 1.98. The topological polar surface area (TPSA) is 80.7 Å². The monoisotopic (exact) mass is 264 g/mol. The lowest BCUT2D eigenvalue weighted by Gasteiger charge is -2.56. The number of carbonyl (C=O) groups excluding carboxylic acids is 3. The summed E-state index contributed by atoms with van der Waals surface area (Å²) in [5.74, 6) is -2.24. The molecule has 0 heterocycles. The van der Waals surface area contributed by atoms with E-state index in [0.717, 1.165) is 0 Å². The molecule has 4 fully saturated rings. The first kappa shape index (κ1) is 12.5. The summed E-state index contributed by atoms with van der Waals surface area (Å²) in [5.41, 5.74) is -2.16. The number of esters is 1. The van der Waals surface area contributed by atoms with Crippen LogP contribution >= 0.6 is 0 Å². The summed E-state index contributed by atoms with van der Waals surface area (Å²) in [6.45, 7) is 5.00. The highest BCUT2D eigenvalue weighted by molar-refractivity contribution is 6.12. The summed E-state index contributed by atoms with van der Waals surface area (Å²) >= 11 is 0. The first-order valence-electron chi connectivity index (χ1n) is 6.46. The van der Waals surface area contributed by atoms with Gasteiger partial charge in [-0.3, -0.25) is 9.59 Å². The zero-order valence-electron chi connectivity index (χ0n) is 10.8. The van der Waals surface area contributed by atoms with Crippen LogP contribution in [0.2, 0.25) is 0 Å². The van der Waals surface area contributed by atoms with Crippen LogP contribution in [0.5, 0.6) is 0 Å². The summed E-state index contributed by atoms with van der Waals surface area (Å²) < 4.78 is 5.34. The third kappa shape index (κ3) is 1.61. The number of hydrogen-bond acceptors (Lipinski definition) is 5. The average Bonchev–Trinajstić information content (AvgIpc) is 2.30. The van der Waals surface area contributed by atoms with E-state index in [1.807, 2.05) is 0 Å². The zero-order chi connectivity index (χ0) is 14.0. The van der Waals surface area contributed by atoms with Gasteiger partial charge in [-0.15, -0.1) is 0 Å². The minimum atomic E-state index is -1.31. The third-order valence-corrected chi connectivity index (χ3v) is 4.55. The van der Waals surface area contributed by atoms with Gasteiger partial charge in [0.05, 0.1) is 11.5 Å². The molecule has 4 aliphatic rings. The molecule has 0 aromatic heterocycles. The number of ether oxygens (including phenoxy) is 1. The number of ketones is 2. The van der Waals surface area contributed by atoms with Crippen LogP contribution in [0, 0.1) is 11.8 Å². The number of hydrogen-bond donors (Lipinski definition) is 1. The smallest absolute Gasteiger partial charge is 0.334 e. The van der Waals surface area contributed by atoms with Gasteiger partial charge < -0.3 is 9.84 Å². The van der Waals surface area contributed by atoms with E-state index in [1.165, 1.54) is 6.92 Å². The molecule has 4 bridgehead atoms. The van der Waals surface area contributed by atoms with Gasteiger partial charge in [0.2, 0.25) is 0 Å². The fourth-order valence-corrected chi connectivity index (χ4v) is 3.85. The summed E-state index contributed by atoms with van der Waals surface area (Å²) in [6, 6.07) is 0. The lowest BCUT2D eigenvalue weighted by atomic mass is 9.51. The van der Waals surface area contributed by atoms with E-state index in [9.17, 15) is 19.5 Å². The van der Waals surface area contributed by atoms with Crippen molar-refractivity contribution in [3.63, 3.8) is 0 Å². The lowest BCUT2D eigenvalue weighted by Crippen LogP contribution is -2.69. The Hall–Kier alpha value is -1.49. The SMILES string of the molecule is C=C(C)C(=O)OC12CC3CC(O)(CC(C3=O)C1=O)C2. The van der Waals surface area contributed by atoms with E-state index < -0.39 is 23.1 Å². The fourth-order valence-electron chi connectivity index (χ4n) is 3.85. The maximum atomic E-state index is 12.4. The van der Waals surface area contributed by atoms with E-state index in [1.54, 1.807) is 0 Å². The van der Waals surface area contributed by atoms with Crippen LogP contribution in [-0.4, -0.2) is 33.8 Å². The Morgan fingerprint density at radius 3 is 2.68 bits per heavy atom. The summed E-state index contributed by atoms with van der Waals surface area (Å²) in [4.78, 5) is 36.1. The molecule has 0 aromatic rings. The van der Waals surface area contributed by atoms with Crippen molar-refractivity contribution < 1.29 is 24.2 Å². The molecule has 5 heteroatoms. The molecule has 0 spiro atoms. The molecule has 0 saturated heterocycles. The van der Waals surface area contributed by atoms with Gasteiger partial charge in [0.25, 0.3) is 0 Å². The van der Waals surface area contributed by atoms with Crippen LogP contribution in [0.3, 0.4) is 0 Å². The average molecular weight is 264 g/mol. The van der Waals surface area contributed by atoms with Gasteiger partial charge >= 0.3 is 5.97 Å². The number of aliphatic hydroxyl groups is 1. The van der Waals surface area contributed by atoms with Crippen molar-refractivity contribution in [3.8, 4) is 0 Å². The number of carbonyl (C=O) groups is 3. The second-order valence-corrected chi connectivity index (χ2v) is 6.19. The van der Waals surface area contributed by atoms with Crippen LogP contribution in [0.15, 0.2) is 12.2 Å². The number of rotatable bonds is 2. The molecule has 4 rings (SSSR count). The van der Waals surface area contributed by atoms with Gasteiger partial charge in [0, 0.05) is 24.3 Å². The van der Waals surface area contributed by atoms with Crippen molar-refractivity contribution in [2.75, 3.05) is 0 Å². The minimum absolute atomic E-state index is 0.101. The highest BCUT2D eigenvalue weighted by atomic mass is 16.6. The van der Waals surface area contributed by atoms with Crippen molar-refractivity contribution in [3.05, 3.63) is 12.2 Å². The Morgan fingerprint density at radius 2 is 2.05 bits per heavy atom. The van der Waals surface area contributed by atoms with Crippen molar-refractivity contribution in [1.29, 1.82) is 0 Å². The second kappa shape index (κ2) is 3.54.